The number of carbonyl (C=O) groups is 2. The van der Waals surface area contributed by atoms with Gasteiger partial charge in [0.2, 0.25) is 0 Å². The Bertz CT molecular complexity index is 642. The third kappa shape index (κ3) is 5.98. The number of carbonyl (C=O) groups excluding carboxylic acids is 2. The molecule has 2 aromatic rings. The first kappa shape index (κ1) is 17.2. The fourth-order valence-electron chi connectivity index (χ4n) is 1.54. The second-order valence-corrected chi connectivity index (χ2v) is 5.01. The van der Waals surface area contributed by atoms with Crippen LogP contribution in [0.15, 0.2) is 48.5 Å². The summed E-state index contributed by atoms with van der Waals surface area (Å²) in [5.74, 6) is -0.0336. The molecule has 0 aliphatic carbocycles. The predicted octanol–water partition coefficient (Wildman–Crippen LogP) is 4.07. The molecule has 0 radical (unpaired) electrons. The highest BCUT2D eigenvalue weighted by molar-refractivity contribution is 6.67. The van der Waals surface area contributed by atoms with E-state index in [-0.39, 0.29) is 5.91 Å². The summed E-state index contributed by atoms with van der Waals surface area (Å²) in [6.07, 6.45) is 0. The molecule has 0 aliphatic rings. The number of hydrogen-bond donors (Lipinski definition) is 1. The second-order valence-electron chi connectivity index (χ2n) is 4.23. The number of benzene rings is 2. The Kier molecular flexibility index (Phi) is 6.92. The van der Waals surface area contributed by atoms with E-state index in [4.69, 9.17) is 23.2 Å². The van der Waals surface area contributed by atoms with Crippen LogP contribution in [0.2, 0.25) is 5.02 Å². The highest BCUT2D eigenvalue weighted by Gasteiger charge is 2.00. The fraction of sp³-hybridized carbons (Fsp3) is 0.125. The van der Waals surface area contributed by atoms with Crippen LogP contribution < -0.4 is 5.32 Å². The zero-order valence-electron chi connectivity index (χ0n) is 11.7. The molecule has 0 saturated heterocycles. The lowest BCUT2D eigenvalue weighted by atomic mass is 10.1. The topological polar surface area (TPSA) is 46.2 Å². The lowest BCUT2D eigenvalue weighted by Crippen LogP contribution is -2.17. The zero-order chi connectivity index (χ0) is 15.8. The van der Waals surface area contributed by atoms with Gasteiger partial charge in [-0.3, -0.25) is 9.59 Å². The van der Waals surface area contributed by atoms with Gasteiger partial charge in [-0.25, -0.2) is 0 Å². The van der Waals surface area contributed by atoms with Gasteiger partial charge in [0.1, 0.15) is 0 Å². The van der Waals surface area contributed by atoms with Gasteiger partial charge in [0, 0.05) is 23.2 Å². The van der Waals surface area contributed by atoms with Crippen molar-refractivity contribution in [2.75, 3.05) is 7.05 Å². The lowest BCUT2D eigenvalue weighted by molar-refractivity contribution is 0.0962. The molecule has 0 fully saturated rings. The number of aryl methyl sites for hydroxylation is 1. The van der Waals surface area contributed by atoms with Crippen molar-refractivity contribution in [3.05, 3.63) is 70.2 Å². The average Bonchev–Trinajstić information content (AvgIpc) is 2.47. The van der Waals surface area contributed by atoms with Crippen LogP contribution in [0, 0.1) is 6.92 Å². The van der Waals surface area contributed by atoms with Crippen LogP contribution in [0.4, 0.5) is 0 Å². The highest BCUT2D eigenvalue weighted by Crippen LogP contribution is 2.11. The van der Waals surface area contributed by atoms with Gasteiger partial charge in [0.25, 0.3) is 11.1 Å². The number of rotatable bonds is 2. The smallest absolute Gasteiger partial charge is 0.252 e. The van der Waals surface area contributed by atoms with Crippen LogP contribution in [0.1, 0.15) is 26.3 Å². The SMILES string of the molecule is CNC(=O)c1cccc(C)c1.O=C(Cl)c1cccc(Cl)c1. The molecule has 21 heavy (non-hydrogen) atoms. The molecule has 0 saturated carbocycles. The van der Waals surface area contributed by atoms with Crippen molar-refractivity contribution >= 4 is 34.4 Å². The molecule has 0 heterocycles. The van der Waals surface area contributed by atoms with E-state index in [1.807, 2.05) is 25.1 Å². The molecule has 1 N–H and O–H groups in total. The summed E-state index contributed by atoms with van der Waals surface area (Å²) in [5, 5.41) is 2.61. The van der Waals surface area contributed by atoms with Crippen molar-refractivity contribution in [3.8, 4) is 0 Å². The summed E-state index contributed by atoms with van der Waals surface area (Å²) < 4.78 is 0. The van der Waals surface area contributed by atoms with E-state index in [0.29, 0.717) is 16.1 Å². The number of hydrogen-bond acceptors (Lipinski definition) is 2. The Hall–Kier alpha value is -1.84. The summed E-state index contributed by atoms with van der Waals surface area (Å²) in [6, 6.07) is 14.0. The van der Waals surface area contributed by atoms with E-state index in [0.717, 1.165) is 5.56 Å². The van der Waals surface area contributed by atoms with Crippen molar-refractivity contribution in [1.29, 1.82) is 0 Å². The van der Waals surface area contributed by atoms with Gasteiger partial charge in [-0.15, -0.1) is 0 Å². The summed E-state index contributed by atoms with van der Waals surface area (Å²) >= 11 is 10.8. The molecule has 0 unspecified atom stereocenters. The van der Waals surface area contributed by atoms with Crippen LogP contribution in [0.3, 0.4) is 0 Å². The van der Waals surface area contributed by atoms with E-state index in [1.165, 1.54) is 6.07 Å². The zero-order valence-corrected chi connectivity index (χ0v) is 13.2. The Balaban J connectivity index is 0.000000211. The van der Waals surface area contributed by atoms with Gasteiger partial charge in [-0.05, 0) is 48.9 Å². The molecule has 3 nitrogen and oxygen atoms in total. The summed E-state index contributed by atoms with van der Waals surface area (Å²) in [5.41, 5.74) is 2.24. The Labute approximate surface area is 133 Å². The summed E-state index contributed by atoms with van der Waals surface area (Å²) in [7, 11) is 1.63. The molecular formula is C16H15Cl2NO2. The minimum Gasteiger partial charge on any atom is -0.355 e. The van der Waals surface area contributed by atoms with Crippen LogP contribution >= 0.6 is 23.2 Å². The van der Waals surface area contributed by atoms with Gasteiger partial charge in [-0.1, -0.05) is 35.4 Å². The van der Waals surface area contributed by atoms with Gasteiger partial charge >= 0.3 is 0 Å². The lowest BCUT2D eigenvalue weighted by Gasteiger charge is -1.99. The molecule has 2 rings (SSSR count). The number of halogens is 2. The Morgan fingerprint density at radius 1 is 1.00 bits per heavy atom. The summed E-state index contributed by atoms with van der Waals surface area (Å²) in [4.78, 5) is 21.6. The monoisotopic (exact) mass is 323 g/mol. The Morgan fingerprint density at radius 3 is 2.10 bits per heavy atom. The maximum absolute atomic E-state index is 11.1. The van der Waals surface area contributed by atoms with E-state index < -0.39 is 5.24 Å². The summed E-state index contributed by atoms with van der Waals surface area (Å²) in [6.45, 7) is 1.96. The average molecular weight is 324 g/mol. The first-order chi connectivity index (χ1) is 9.93. The fourth-order valence-corrected chi connectivity index (χ4v) is 1.85. The molecule has 110 valence electrons. The van der Waals surface area contributed by atoms with Crippen LogP contribution in [-0.4, -0.2) is 18.2 Å². The minimum absolute atomic E-state index is 0.0336. The van der Waals surface area contributed by atoms with Crippen molar-refractivity contribution in [2.24, 2.45) is 0 Å². The highest BCUT2D eigenvalue weighted by atomic mass is 35.5. The molecule has 0 aromatic heterocycles. The van der Waals surface area contributed by atoms with E-state index in [1.54, 1.807) is 31.3 Å². The molecule has 5 heteroatoms. The maximum atomic E-state index is 11.1. The standard InChI is InChI=1S/C9H11NO.C7H4Cl2O/c1-7-4-3-5-8(6-7)9(11)10-2;8-6-3-1-2-5(4-6)7(9)10/h3-6H,1-2H3,(H,10,11);1-4H. The van der Waals surface area contributed by atoms with Crippen molar-refractivity contribution in [1.82, 2.24) is 5.32 Å². The molecule has 0 atom stereocenters. The van der Waals surface area contributed by atoms with E-state index >= 15 is 0 Å². The maximum Gasteiger partial charge on any atom is 0.252 e. The van der Waals surface area contributed by atoms with Gasteiger partial charge < -0.3 is 5.32 Å². The van der Waals surface area contributed by atoms with Crippen LogP contribution in [0.5, 0.6) is 0 Å². The normalized spacial score (nSPS) is 9.33. The van der Waals surface area contributed by atoms with E-state index in [9.17, 15) is 9.59 Å². The van der Waals surface area contributed by atoms with Crippen molar-refractivity contribution in [2.45, 2.75) is 6.92 Å². The van der Waals surface area contributed by atoms with E-state index in [2.05, 4.69) is 5.32 Å². The second kappa shape index (κ2) is 8.45. The van der Waals surface area contributed by atoms with Crippen molar-refractivity contribution in [3.63, 3.8) is 0 Å². The quantitative estimate of drug-likeness (QED) is 0.846. The molecule has 0 bridgehead atoms. The van der Waals surface area contributed by atoms with Gasteiger partial charge in [-0.2, -0.15) is 0 Å². The minimum atomic E-state index is -0.484. The molecule has 0 aliphatic heterocycles. The van der Waals surface area contributed by atoms with Gasteiger partial charge in [0.15, 0.2) is 0 Å². The third-order valence-corrected chi connectivity index (χ3v) is 3.01. The molecule has 0 spiro atoms. The number of nitrogens with one attached hydrogen (secondary N) is 1. The van der Waals surface area contributed by atoms with Gasteiger partial charge in [0.05, 0.1) is 0 Å². The Morgan fingerprint density at radius 2 is 1.62 bits per heavy atom. The largest absolute Gasteiger partial charge is 0.355 e. The predicted molar refractivity (Wildman–Crippen MR) is 86.2 cm³/mol. The first-order valence-corrected chi connectivity index (χ1v) is 6.93. The molecule has 1 amide bonds. The molecular weight excluding hydrogens is 309 g/mol. The first-order valence-electron chi connectivity index (χ1n) is 6.18. The number of amides is 1. The van der Waals surface area contributed by atoms with Crippen molar-refractivity contribution < 1.29 is 9.59 Å². The molecule has 2 aromatic carbocycles. The van der Waals surface area contributed by atoms with Crippen LogP contribution in [0.25, 0.3) is 0 Å². The van der Waals surface area contributed by atoms with Crippen LogP contribution in [-0.2, 0) is 0 Å². The third-order valence-electron chi connectivity index (χ3n) is 2.56.